The standard InChI is InChI=1S/C9H13N3O2S/c1-3-4-5-7(13)11-9-10-6-8(15-9)12-14-2/h3,6,12H,1,4-5H2,2H3,(H,10,11,13)/p+1. The van der Waals surface area contributed by atoms with Crippen LogP contribution in [0.2, 0.25) is 0 Å². The fourth-order valence-electron chi connectivity index (χ4n) is 0.930. The van der Waals surface area contributed by atoms with Crippen LogP contribution in [0.3, 0.4) is 0 Å². The van der Waals surface area contributed by atoms with Gasteiger partial charge in [0.15, 0.2) is 5.13 Å². The van der Waals surface area contributed by atoms with Crippen molar-refractivity contribution < 1.29 is 15.1 Å². The second kappa shape index (κ2) is 6.28. The molecular formula is C9H14N3O2S+. The third-order valence-electron chi connectivity index (χ3n) is 1.58. The third-order valence-corrected chi connectivity index (χ3v) is 2.42. The van der Waals surface area contributed by atoms with Gasteiger partial charge in [-0.25, -0.2) is 9.82 Å². The fraction of sp³-hybridized carbons (Fsp3) is 0.333. The Kier molecular flexibility index (Phi) is 4.96. The second-order valence-electron chi connectivity index (χ2n) is 2.80. The van der Waals surface area contributed by atoms with Crippen LogP contribution in [0.25, 0.3) is 0 Å². The summed E-state index contributed by atoms with van der Waals surface area (Å²) in [6, 6.07) is 0. The molecule has 0 saturated carbocycles. The molecule has 0 aliphatic carbocycles. The topological polar surface area (TPSA) is 67.8 Å². The molecule has 1 heterocycles. The Bertz CT molecular complexity index is 338. The van der Waals surface area contributed by atoms with Crippen LogP contribution < -0.4 is 10.8 Å². The number of allylic oxidation sites excluding steroid dienone is 1. The predicted molar refractivity (Wildman–Crippen MR) is 58.8 cm³/mol. The van der Waals surface area contributed by atoms with Gasteiger partial charge in [-0.05, 0) is 17.8 Å². The lowest BCUT2D eigenvalue weighted by atomic mass is 10.3. The Morgan fingerprint density at radius 1 is 1.87 bits per heavy atom. The zero-order chi connectivity index (χ0) is 11.1. The first-order chi connectivity index (χ1) is 7.26. The normalized spacial score (nSPS) is 9.93. The summed E-state index contributed by atoms with van der Waals surface area (Å²) in [5.74, 6) is -0.0479. The number of nitrogens with zero attached hydrogens (tertiary/aromatic N) is 1. The van der Waals surface area contributed by atoms with E-state index in [2.05, 4.69) is 16.9 Å². The summed E-state index contributed by atoms with van der Waals surface area (Å²) in [5, 5.41) is 4.16. The Morgan fingerprint density at radius 2 is 2.67 bits per heavy atom. The predicted octanol–water partition coefficient (Wildman–Crippen LogP) is 0.804. The second-order valence-corrected chi connectivity index (χ2v) is 3.86. The van der Waals surface area contributed by atoms with E-state index >= 15 is 0 Å². The number of carbonyl (C=O) groups is 1. The molecule has 0 radical (unpaired) electrons. The van der Waals surface area contributed by atoms with Crippen LogP contribution in [0, 0.1) is 0 Å². The van der Waals surface area contributed by atoms with Crippen LogP contribution >= 0.6 is 11.3 Å². The Hall–Kier alpha value is -1.24. The highest BCUT2D eigenvalue weighted by atomic mass is 32.1. The minimum absolute atomic E-state index is 0.0479. The SMILES string of the molecule is C=CCCC(=O)Nc1ncc([NH2+]OC)s1. The van der Waals surface area contributed by atoms with Gasteiger partial charge in [0.1, 0.15) is 6.20 Å². The molecule has 0 spiro atoms. The first kappa shape index (κ1) is 11.8. The van der Waals surface area contributed by atoms with Gasteiger partial charge in [-0.3, -0.25) is 4.79 Å². The average Bonchev–Trinajstić information content (AvgIpc) is 2.63. The first-order valence-electron chi connectivity index (χ1n) is 4.49. The van der Waals surface area contributed by atoms with E-state index in [-0.39, 0.29) is 5.91 Å². The van der Waals surface area contributed by atoms with Crippen molar-refractivity contribution in [2.24, 2.45) is 0 Å². The number of hydrogen-bond donors (Lipinski definition) is 2. The zero-order valence-corrected chi connectivity index (χ0v) is 9.34. The van der Waals surface area contributed by atoms with Crippen molar-refractivity contribution >= 4 is 27.4 Å². The molecular weight excluding hydrogens is 214 g/mol. The van der Waals surface area contributed by atoms with E-state index in [0.717, 1.165) is 5.00 Å². The molecule has 0 aromatic carbocycles. The van der Waals surface area contributed by atoms with Gasteiger partial charge >= 0.3 is 0 Å². The smallest absolute Gasteiger partial charge is 0.239 e. The summed E-state index contributed by atoms with van der Waals surface area (Å²) < 4.78 is 0. The van der Waals surface area contributed by atoms with Crippen LogP contribution in [0.1, 0.15) is 12.8 Å². The summed E-state index contributed by atoms with van der Waals surface area (Å²) in [5.41, 5.74) is 1.58. The number of nitrogens with two attached hydrogens (primary N) is 1. The van der Waals surface area contributed by atoms with Gasteiger partial charge in [0.05, 0.1) is 7.11 Å². The number of carbonyl (C=O) groups excluding carboxylic acids is 1. The number of rotatable bonds is 6. The van der Waals surface area contributed by atoms with Gasteiger partial charge < -0.3 is 5.32 Å². The van der Waals surface area contributed by atoms with Gasteiger partial charge in [-0.1, -0.05) is 6.08 Å². The van der Waals surface area contributed by atoms with E-state index < -0.39 is 0 Å². The Labute approximate surface area is 92.1 Å². The highest BCUT2D eigenvalue weighted by molar-refractivity contribution is 7.18. The number of aromatic nitrogens is 1. The maximum atomic E-state index is 11.3. The van der Waals surface area contributed by atoms with Crippen molar-refractivity contribution in [3.8, 4) is 0 Å². The molecule has 0 fully saturated rings. The number of anilines is 1. The van der Waals surface area contributed by atoms with Gasteiger partial charge in [-0.2, -0.15) is 5.48 Å². The van der Waals surface area contributed by atoms with Crippen molar-refractivity contribution in [1.82, 2.24) is 4.98 Å². The third kappa shape index (κ3) is 4.20. The first-order valence-corrected chi connectivity index (χ1v) is 5.30. The van der Waals surface area contributed by atoms with Crippen LogP contribution in [0.15, 0.2) is 18.9 Å². The molecule has 3 N–H and O–H groups in total. The molecule has 0 saturated heterocycles. The van der Waals surface area contributed by atoms with Gasteiger partial charge in [0, 0.05) is 6.42 Å². The number of quaternary nitrogens is 1. The van der Waals surface area contributed by atoms with Crippen molar-refractivity contribution in [2.75, 3.05) is 12.4 Å². The van der Waals surface area contributed by atoms with E-state index in [0.29, 0.717) is 18.0 Å². The quantitative estimate of drug-likeness (QED) is 0.559. The Balaban J connectivity index is 2.42. The maximum Gasteiger partial charge on any atom is 0.239 e. The summed E-state index contributed by atoms with van der Waals surface area (Å²) in [7, 11) is 1.57. The lowest BCUT2D eigenvalue weighted by molar-refractivity contribution is -0.827. The molecule has 5 nitrogen and oxygen atoms in total. The zero-order valence-electron chi connectivity index (χ0n) is 8.53. The Morgan fingerprint density at radius 3 is 3.33 bits per heavy atom. The molecule has 0 atom stereocenters. The van der Waals surface area contributed by atoms with Crippen molar-refractivity contribution in [3.63, 3.8) is 0 Å². The molecule has 0 bridgehead atoms. The van der Waals surface area contributed by atoms with E-state index in [4.69, 9.17) is 4.84 Å². The molecule has 0 aliphatic heterocycles. The number of thiazole rings is 1. The highest BCUT2D eigenvalue weighted by Gasteiger charge is 2.07. The molecule has 1 amide bonds. The number of nitrogens with one attached hydrogen (secondary N) is 1. The minimum atomic E-state index is -0.0479. The highest BCUT2D eigenvalue weighted by Crippen LogP contribution is 2.18. The molecule has 0 unspecified atom stereocenters. The van der Waals surface area contributed by atoms with Gasteiger partial charge in [0.2, 0.25) is 10.9 Å². The minimum Gasteiger partial charge on any atom is -0.302 e. The van der Waals surface area contributed by atoms with Crippen LogP contribution in [-0.4, -0.2) is 18.0 Å². The molecule has 82 valence electrons. The average molecular weight is 228 g/mol. The van der Waals surface area contributed by atoms with Crippen molar-refractivity contribution in [2.45, 2.75) is 12.8 Å². The molecule has 15 heavy (non-hydrogen) atoms. The molecule has 1 aromatic heterocycles. The van der Waals surface area contributed by atoms with Crippen LogP contribution in [0.4, 0.5) is 10.1 Å². The summed E-state index contributed by atoms with van der Waals surface area (Å²) in [6.45, 7) is 3.55. The molecule has 1 aromatic rings. The van der Waals surface area contributed by atoms with E-state index in [9.17, 15) is 4.79 Å². The lowest BCUT2D eigenvalue weighted by Crippen LogP contribution is -2.75. The van der Waals surface area contributed by atoms with Crippen molar-refractivity contribution in [1.29, 1.82) is 0 Å². The van der Waals surface area contributed by atoms with Crippen molar-refractivity contribution in [3.05, 3.63) is 18.9 Å². The largest absolute Gasteiger partial charge is 0.302 e. The van der Waals surface area contributed by atoms with Gasteiger partial charge in [-0.15, -0.1) is 6.58 Å². The van der Waals surface area contributed by atoms with E-state index in [1.165, 1.54) is 11.3 Å². The van der Waals surface area contributed by atoms with Gasteiger partial charge in [0.25, 0.3) is 0 Å². The van der Waals surface area contributed by atoms with E-state index in [1.54, 1.807) is 24.9 Å². The fourth-order valence-corrected chi connectivity index (χ4v) is 1.67. The molecule has 1 rings (SSSR count). The van der Waals surface area contributed by atoms with E-state index in [1.807, 2.05) is 0 Å². The number of amides is 1. The summed E-state index contributed by atoms with van der Waals surface area (Å²) in [4.78, 5) is 20.2. The van der Waals surface area contributed by atoms with Crippen LogP contribution in [0.5, 0.6) is 0 Å². The monoisotopic (exact) mass is 228 g/mol. The number of hydrogen-bond acceptors (Lipinski definition) is 4. The lowest BCUT2D eigenvalue weighted by Gasteiger charge is -1.97. The summed E-state index contributed by atoms with van der Waals surface area (Å²) in [6.07, 6.45) is 4.48. The molecule has 0 aliphatic rings. The maximum absolute atomic E-state index is 11.3. The molecule has 6 heteroatoms. The summed E-state index contributed by atoms with van der Waals surface area (Å²) >= 11 is 1.37. The van der Waals surface area contributed by atoms with Crippen LogP contribution in [-0.2, 0) is 9.63 Å².